The Labute approximate surface area is 117 Å². The lowest BCUT2D eigenvalue weighted by Gasteiger charge is -2.14. The van der Waals surface area contributed by atoms with Gasteiger partial charge in [-0.05, 0) is 25.5 Å². The smallest absolute Gasteiger partial charge is 0.344 e. The molecule has 0 saturated heterocycles. The second-order valence-electron chi connectivity index (χ2n) is 4.37. The fraction of sp³-hybridized carbons (Fsp3) is 0.333. The molecule has 1 unspecified atom stereocenters. The summed E-state index contributed by atoms with van der Waals surface area (Å²) < 4.78 is 15.5. The summed E-state index contributed by atoms with van der Waals surface area (Å²) in [6, 6.07) is 3.76. The maximum absolute atomic E-state index is 12.0. The topological polar surface area (TPSA) is 68.6 Å². The van der Waals surface area contributed by atoms with Gasteiger partial charge < -0.3 is 14.2 Å². The quantitative estimate of drug-likeness (QED) is 0.623. The Balaban J connectivity index is 2.67. The van der Waals surface area contributed by atoms with Crippen LogP contribution in [0.15, 0.2) is 12.1 Å². The first-order valence-corrected chi connectivity index (χ1v) is 6.16. The van der Waals surface area contributed by atoms with Gasteiger partial charge in [-0.15, -0.1) is 0 Å². The number of fused-ring (bicyclic) bond motifs is 1. The van der Waals surface area contributed by atoms with Crippen LogP contribution in [0.25, 0.3) is 6.08 Å². The van der Waals surface area contributed by atoms with Crippen LogP contribution < -0.4 is 4.74 Å². The summed E-state index contributed by atoms with van der Waals surface area (Å²) in [6.07, 6.45) is 2.84. The van der Waals surface area contributed by atoms with E-state index in [1.165, 1.54) is 7.11 Å². The number of esters is 1. The molecule has 104 valence electrons. The third-order valence-corrected chi connectivity index (χ3v) is 3.04. The maximum atomic E-state index is 12.0. The Morgan fingerprint density at radius 2 is 2.30 bits per heavy atom. The number of methoxy groups -OCH3 is 1. The normalized spacial score (nSPS) is 16.9. The third kappa shape index (κ3) is 2.26. The van der Waals surface area contributed by atoms with Crippen molar-refractivity contribution in [2.24, 2.45) is 0 Å². The first-order valence-electron chi connectivity index (χ1n) is 6.16. The van der Waals surface area contributed by atoms with Gasteiger partial charge in [0.1, 0.15) is 17.4 Å². The van der Waals surface area contributed by atoms with Crippen molar-refractivity contribution in [1.82, 2.24) is 0 Å². The van der Waals surface area contributed by atoms with Crippen LogP contribution in [-0.2, 0) is 9.47 Å². The number of cyclic esters (lactones) is 1. The zero-order valence-corrected chi connectivity index (χ0v) is 11.6. The van der Waals surface area contributed by atoms with Crippen LogP contribution in [0.3, 0.4) is 0 Å². The molecule has 1 atom stereocenters. The number of hydrogen-bond acceptors (Lipinski definition) is 5. The molecule has 0 amide bonds. The van der Waals surface area contributed by atoms with Crippen LogP contribution in [0.5, 0.6) is 5.75 Å². The summed E-state index contributed by atoms with van der Waals surface area (Å²) in [5, 5.41) is 9.05. The molecule has 0 spiro atoms. The fourth-order valence-corrected chi connectivity index (χ4v) is 2.21. The molecule has 1 aliphatic rings. The van der Waals surface area contributed by atoms with Gasteiger partial charge in [-0.2, -0.15) is 5.26 Å². The first kappa shape index (κ1) is 14.1. The van der Waals surface area contributed by atoms with Crippen molar-refractivity contribution in [3.63, 3.8) is 0 Å². The minimum absolute atomic E-state index is 0.0188. The summed E-state index contributed by atoms with van der Waals surface area (Å²) >= 11 is 0. The standard InChI is InChI=1S/C15H15NO4/c1-4-5-10-9(2)6-11-12(7-16)20-15(17)13(11)14(10)19-8-18-3/h4-6,12H,8H2,1-3H3. The summed E-state index contributed by atoms with van der Waals surface area (Å²) in [6.45, 7) is 3.79. The summed E-state index contributed by atoms with van der Waals surface area (Å²) in [5.41, 5.74) is 2.56. The van der Waals surface area contributed by atoms with E-state index in [2.05, 4.69) is 0 Å². The van der Waals surface area contributed by atoms with Gasteiger partial charge in [0.05, 0.1) is 0 Å². The summed E-state index contributed by atoms with van der Waals surface area (Å²) in [5.74, 6) is -0.133. The van der Waals surface area contributed by atoms with Crippen molar-refractivity contribution in [2.45, 2.75) is 20.0 Å². The van der Waals surface area contributed by atoms with Crippen molar-refractivity contribution >= 4 is 12.0 Å². The number of rotatable bonds is 4. The van der Waals surface area contributed by atoms with Crippen molar-refractivity contribution in [1.29, 1.82) is 5.26 Å². The van der Waals surface area contributed by atoms with E-state index in [1.807, 2.05) is 32.1 Å². The number of ether oxygens (including phenoxy) is 3. The fourth-order valence-electron chi connectivity index (χ4n) is 2.21. The van der Waals surface area contributed by atoms with Gasteiger partial charge in [0.15, 0.2) is 6.79 Å². The van der Waals surface area contributed by atoms with E-state index in [4.69, 9.17) is 19.5 Å². The highest BCUT2D eigenvalue weighted by Gasteiger charge is 2.36. The Morgan fingerprint density at radius 3 is 2.90 bits per heavy atom. The predicted octanol–water partition coefficient (Wildman–Crippen LogP) is 2.75. The molecule has 20 heavy (non-hydrogen) atoms. The molecule has 0 aromatic heterocycles. The van der Waals surface area contributed by atoms with Crippen molar-refractivity contribution < 1.29 is 19.0 Å². The highest BCUT2D eigenvalue weighted by Crippen LogP contribution is 2.40. The monoisotopic (exact) mass is 273 g/mol. The van der Waals surface area contributed by atoms with Crippen LogP contribution in [0.2, 0.25) is 0 Å². The number of carbonyl (C=O) groups is 1. The van der Waals surface area contributed by atoms with E-state index in [1.54, 1.807) is 6.07 Å². The lowest BCUT2D eigenvalue weighted by Crippen LogP contribution is -2.07. The number of benzene rings is 1. The number of allylic oxidation sites excluding steroid dienone is 1. The molecule has 2 rings (SSSR count). The van der Waals surface area contributed by atoms with E-state index in [0.717, 1.165) is 11.1 Å². The Kier molecular flexibility index (Phi) is 4.06. The first-order chi connectivity index (χ1) is 9.63. The van der Waals surface area contributed by atoms with Gasteiger partial charge >= 0.3 is 5.97 Å². The molecule has 1 aromatic carbocycles. The zero-order chi connectivity index (χ0) is 14.7. The number of carbonyl (C=O) groups excluding carboxylic acids is 1. The van der Waals surface area contributed by atoms with Crippen LogP contribution in [0.4, 0.5) is 0 Å². The zero-order valence-electron chi connectivity index (χ0n) is 11.6. The molecule has 0 N–H and O–H groups in total. The lowest BCUT2D eigenvalue weighted by atomic mass is 9.96. The Morgan fingerprint density at radius 1 is 1.55 bits per heavy atom. The number of nitriles is 1. The molecular weight excluding hydrogens is 258 g/mol. The molecule has 0 saturated carbocycles. The number of hydrogen-bond donors (Lipinski definition) is 0. The third-order valence-electron chi connectivity index (χ3n) is 3.04. The van der Waals surface area contributed by atoms with Crippen LogP contribution >= 0.6 is 0 Å². The van der Waals surface area contributed by atoms with Gasteiger partial charge in [-0.3, -0.25) is 0 Å². The largest absolute Gasteiger partial charge is 0.466 e. The number of nitrogens with zero attached hydrogens (tertiary/aromatic N) is 1. The molecule has 0 aliphatic carbocycles. The average molecular weight is 273 g/mol. The SMILES string of the molecule is CC=Cc1c(C)cc2c(c1OCOC)C(=O)OC2C#N. The minimum Gasteiger partial charge on any atom is -0.466 e. The van der Waals surface area contributed by atoms with E-state index in [0.29, 0.717) is 16.9 Å². The molecule has 5 nitrogen and oxygen atoms in total. The summed E-state index contributed by atoms with van der Waals surface area (Å²) in [4.78, 5) is 12.0. The molecule has 5 heteroatoms. The molecule has 1 aliphatic heterocycles. The van der Waals surface area contributed by atoms with Gasteiger partial charge in [0.2, 0.25) is 6.10 Å². The highest BCUT2D eigenvalue weighted by atomic mass is 16.7. The Bertz CT molecular complexity index is 613. The molecule has 0 fully saturated rings. The molecule has 0 bridgehead atoms. The van der Waals surface area contributed by atoms with Gasteiger partial charge in [0, 0.05) is 18.2 Å². The molecular formula is C15H15NO4. The van der Waals surface area contributed by atoms with E-state index >= 15 is 0 Å². The van der Waals surface area contributed by atoms with Crippen LogP contribution in [0, 0.1) is 18.3 Å². The summed E-state index contributed by atoms with van der Waals surface area (Å²) in [7, 11) is 1.50. The lowest BCUT2D eigenvalue weighted by molar-refractivity contribution is 0.0432. The second-order valence-corrected chi connectivity index (χ2v) is 4.37. The molecule has 1 aromatic rings. The van der Waals surface area contributed by atoms with Gasteiger partial charge in [-0.25, -0.2) is 4.79 Å². The average Bonchev–Trinajstić information content (AvgIpc) is 2.75. The second kappa shape index (κ2) is 5.76. The molecule has 0 radical (unpaired) electrons. The van der Waals surface area contributed by atoms with Crippen molar-refractivity contribution in [3.05, 3.63) is 34.4 Å². The van der Waals surface area contributed by atoms with Crippen molar-refractivity contribution in [3.8, 4) is 11.8 Å². The maximum Gasteiger partial charge on any atom is 0.344 e. The molecule has 1 heterocycles. The van der Waals surface area contributed by atoms with Crippen LogP contribution in [0.1, 0.15) is 40.1 Å². The minimum atomic E-state index is -0.874. The van der Waals surface area contributed by atoms with Gasteiger partial charge in [0.25, 0.3) is 0 Å². The van der Waals surface area contributed by atoms with Crippen LogP contribution in [-0.4, -0.2) is 19.9 Å². The van der Waals surface area contributed by atoms with E-state index in [-0.39, 0.29) is 6.79 Å². The number of aryl methyl sites for hydroxylation is 1. The van der Waals surface area contributed by atoms with E-state index < -0.39 is 12.1 Å². The van der Waals surface area contributed by atoms with E-state index in [9.17, 15) is 4.79 Å². The predicted molar refractivity (Wildman–Crippen MR) is 72.2 cm³/mol. The van der Waals surface area contributed by atoms with Gasteiger partial charge in [-0.1, -0.05) is 12.2 Å². The Hall–Kier alpha value is -2.32. The highest BCUT2D eigenvalue weighted by molar-refractivity contribution is 5.99. The van der Waals surface area contributed by atoms with Crippen molar-refractivity contribution in [2.75, 3.05) is 13.9 Å².